The van der Waals surface area contributed by atoms with Crippen LogP contribution in [0.4, 0.5) is 16.2 Å². The van der Waals surface area contributed by atoms with Crippen molar-refractivity contribution in [3.8, 4) is 0 Å². The number of rotatable bonds is 3. The summed E-state index contributed by atoms with van der Waals surface area (Å²) in [6.07, 6.45) is 0. The smallest absolute Gasteiger partial charge is 0.337 e. The van der Waals surface area contributed by atoms with Crippen molar-refractivity contribution < 1.29 is 14.3 Å². The molecule has 0 unspecified atom stereocenters. The average molecular weight is 353 g/mol. The summed E-state index contributed by atoms with van der Waals surface area (Å²) in [5, 5.41) is 2.97. The Morgan fingerprint density at radius 2 is 1.73 bits per heavy atom. The molecule has 1 N–H and O–H groups in total. The van der Waals surface area contributed by atoms with Crippen LogP contribution in [0.2, 0.25) is 0 Å². The second-order valence-corrected chi connectivity index (χ2v) is 6.26. The number of amides is 2. The molecule has 1 fully saturated rings. The quantitative estimate of drug-likeness (QED) is 0.861. The van der Waals surface area contributed by atoms with Crippen molar-refractivity contribution in [1.29, 1.82) is 0 Å². The normalized spacial score (nSPS) is 14.1. The number of nitrogens with one attached hydrogen (secondary N) is 1. The summed E-state index contributed by atoms with van der Waals surface area (Å²) in [6.45, 7) is 4.65. The fraction of sp³-hybridized carbons (Fsp3) is 0.300. The fourth-order valence-corrected chi connectivity index (χ4v) is 3.02. The second-order valence-electron chi connectivity index (χ2n) is 6.26. The zero-order chi connectivity index (χ0) is 18.5. The molecule has 2 aromatic carbocycles. The van der Waals surface area contributed by atoms with Crippen molar-refractivity contribution in [2.24, 2.45) is 0 Å². The Bertz CT molecular complexity index is 798. The van der Waals surface area contributed by atoms with Crippen LogP contribution in [0, 0.1) is 6.92 Å². The van der Waals surface area contributed by atoms with Gasteiger partial charge in [0.2, 0.25) is 0 Å². The number of nitrogens with zero attached hydrogens (tertiary/aromatic N) is 2. The number of urea groups is 1. The molecule has 0 aliphatic carbocycles. The van der Waals surface area contributed by atoms with Gasteiger partial charge in [0.15, 0.2) is 0 Å². The Balaban J connectivity index is 1.60. The molecular weight excluding hydrogens is 330 g/mol. The zero-order valence-electron chi connectivity index (χ0n) is 15.1. The van der Waals surface area contributed by atoms with Crippen LogP contribution >= 0.6 is 0 Å². The predicted molar refractivity (Wildman–Crippen MR) is 102 cm³/mol. The molecule has 3 rings (SSSR count). The van der Waals surface area contributed by atoms with Gasteiger partial charge in [0.05, 0.1) is 12.7 Å². The second kappa shape index (κ2) is 7.91. The lowest BCUT2D eigenvalue weighted by atomic mass is 10.1. The van der Waals surface area contributed by atoms with E-state index >= 15 is 0 Å². The molecular formula is C20H23N3O3. The minimum atomic E-state index is -0.344. The van der Waals surface area contributed by atoms with Crippen LogP contribution in [0.3, 0.4) is 0 Å². The molecule has 1 heterocycles. The van der Waals surface area contributed by atoms with Crippen molar-refractivity contribution >= 4 is 23.4 Å². The minimum Gasteiger partial charge on any atom is -0.465 e. The summed E-state index contributed by atoms with van der Waals surface area (Å²) < 4.78 is 4.77. The fourth-order valence-electron chi connectivity index (χ4n) is 3.02. The maximum absolute atomic E-state index is 12.5. The molecule has 0 radical (unpaired) electrons. The first kappa shape index (κ1) is 17.8. The van der Waals surface area contributed by atoms with E-state index in [1.807, 2.05) is 54.3 Å². The SMILES string of the molecule is COC(=O)c1cccc(N2CCN(C(=O)Nc3ccccc3C)CC2)c1. The van der Waals surface area contributed by atoms with Gasteiger partial charge in [0.1, 0.15) is 0 Å². The number of carbonyl (C=O) groups excluding carboxylic acids is 2. The van der Waals surface area contributed by atoms with E-state index in [1.54, 1.807) is 6.07 Å². The van der Waals surface area contributed by atoms with E-state index in [1.165, 1.54) is 7.11 Å². The number of methoxy groups -OCH3 is 1. The Hall–Kier alpha value is -3.02. The third-order valence-corrected chi connectivity index (χ3v) is 4.59. The molecule has 1 saturated heterocycles. The highest BCUT2D eigenvalue weighted by atomic mass is 16.5. The van der Waals surface area contributed by atoms with E-state index in [2.05, 4.69) is 10.2 Å². The Kier molecular flexibility index (Phi) is 5.41. The van der Waals surface area contributed by atoms with Gasteiger partial charge in [0, 0.05) is 37.6 Å². The summed E-state index contributed by atoms with van der Waals surface area (Å²) in [5.74, 6) is -0.344. The Morgan fingerprint density at radius 1 is 1.00 bits per heavy atom. The molecule has 0 saturated carbocycles. The van der Waals surface area contributed by atoms with E-state index in [9.17, 15) is 9.59 Å². The zero-order valence-corrected chi connectivity index (χ0v) is 15.1. The molecule has 0 atom stereocenters. The molecule has 2 amide bonds. The number of anilines is 2. The number of carbonyl (C=O) groups is 2. The summed E-state index contributed by atoms with van der Waals surface area (Å²) in [5.41, 5.74) is 3.38. The summed E-state index contributed by atoms with van der Waals surface area (Å²) in [4.78, 5) is 28.2. The van der Waals surface area contributed by atoms with Gasteiger partial charge in [-0.25, -0.2) is 9.59 Å². The molecule has 6 heteroatoms. The van der Waals surface area contributed by atoms with Crippen molar-refractivity contribution in [2.45, 2.75) is 6.92 Å². The maximum atomic E-state index is 12.5. The Morgan fingerprint density at radius 3 is 2.42 bits per heavy atom. The van der Waals surface area contributed by atoms with Crippen molar-refractivity contribution in [1.82, 2.24) is 4.90 Å². The highest BCUT2D eigenvalue weighted by molar-refractivity contribution is 5.91. The average Bonchev–Trinajstić information content (AvgIpc) is 2.69. The van der Waals surface area contributed by atoms with Crippen molar-refractivity contribution in [3.05, 3.63) is 59.7 Å². The summed E-state index contributed by atoms with van der Waals surface area (Å²) in [7, 11) is 1.38. The molecule has 0 bridgehead atoms. The van der Waals surface area contributed by atoms with Gasteiger partial charge in [-0.1, -0.05) is 24.3 Å². The van der Waals surface area contributed by atoms with Crippen LogP contribution in [-0.4, -0.2) is 50.2 Å². The van der Waals surface area contributed by atoms with Gasteiger partial charge >= 0.3 is 12.0 Å². The highest BCUT2D eigenvalue weighted by Crippen LogP contribution is 2.20. The van der Waals surface area contributed by atoms with Gasteiger partial charge < -0.3 is 19.9 Å². The lowest BCUT2D eigenvalue weighted by Crippen LogP contribution is -2.50. The lowest BCUT2D eigenvalue weighted by molar-refractivity contribution is 0.0600. The molecule has 1 aliphatic rings. The first-order valence-electron chi connectivity index (χ1n) is 8.63. The topological polar surface area (TPSA) is 61.9 Å². The number of aryl methyl sites for hydroxylation is 1. The van der Waals surface area contributed by atoms with Crippen LogP contribution in [0.1, 0.15) is 15.9 Å². The van der Waals surface area contributed by atoms with Gasteiger partial charge in [0.25, 0.3) is 0 Å². The Labute approximate surface area is 153 Å². The standard InChI is InChI=1S/C20H23N3O3/c1-15-6-3-4-9-18(15)21-20(25)23-12-10-22(11-13-23)17-8-5-7-16(14-17)19(24)26-2/h3-9,14H,10-13H2,1-2H3,(H,21,25). The van der Waals surface area contributed by atoms with Gasteiger partial charge in [-0.3, -0.25) is 0 Å². The maximum Gasteiger partial charge on any atom is 0.337 e. The number of hydrogen-bond donors (Lipinski definition) is 1. The van der Waals surface area contributed by atoms with E-state index in [-0.39, 0.29) is 12.0 Å². The predicted octanol–water partition coefficient (Wildman–Crippen LogP) is 3.14. The molecule has 0 aromatic heterocycles. The van der Waals surface area contributed by atoms with Crippen LogP contribution in [0.25, 0.3) is 0 Å². The van der Waals surface area contributed by atoms with Crippen LogP contribution in [-0.2, 0) is 4.74 Å². The van der Waals surface area contributed by atoms with E-state index in [4.69, 9.17) is 4.74 Å². The van der Waals surface area contributed by atoms with Crippen LogP contribution < -0.4 is 10.2 Å². The lowest BCUT2D eigenvalue weighted by Gasteiger charge is -2.36. The van der Waals surface area contributed by atoms with E-state index in [0.29, 0.717) is 31.7 Å². The molecule has 26 heavy (non-hydrogen) atoms. The van der Waals surface area contributed by atoms with Crippen LogP contribution in [0.15, 0.2) is 48.5 Å². The monoisotopic (exact) mass is 353 g/mol. The number of benzene rings is 2. The minimum absolute atomic E-state index is 0.0812. The van der Waals surface area contributed by atoms with E-state index in [0.717, 1.165) is 16.9 Å². The number of hydrogen-bond acceptors (Lipinski definition) is 4. The van der Waals surface area contributed by atoms with E-state index < -0.39 is 0 Å². The first-order chi connectivity index (χ1) is 12.6. The largest absolute Gasteiger partial charge is 0.465 e. The van der Waals surface area contributed by atoms with Gasteiger partial charge in [-0.2, -0.15) is 0 Å². The molecule has 1 aliphatic heterocycles. The number of para-hydroxylation sites is 1. The van der Waals surface area contributed by atoms with Gasteiger partial charge in [-0.05, 0) is 36.8 Å². The van der Waals surface area contributed by atoms with Gasteiger partial charge in [-0.15, -0.1) is 0 Å². The molecule has 0 spiro atoms. The number of piperazine rings is 1. The van der Waals surface area contributed by atoms with Crippen LogP contribution in [0.5, 0.6) is 0 Å². The summed E-state index contributed by atoms with van der Waals surface area (Å²) in [6, 6.07) is 15.0. The first-order valence-corrected chi connectivity index (χ1v) is 8.63. The molecule has 2 aromatic rings. The summed E-state index contributed by atoms with van der Waals surface area (Å²) >= 11 is 0. The highest BCUT2D eigenvalue weighted by Gasteiger charge is 2.22. The van der Waals surface area contributed by atoms with Crippen molar-refractivity contribution in [3.63, 3.8) is 0 Å². The third-order valence-electron chi connectivity index (χ3n) is 4.59. The number of ether oxygens (including phenoxy) is 1. The molecule has 136 valence electrons. The molecule has 6 nitrogen and oxygen atoms in total. The number of esters is 1. The van der Waals surface area contributed by atoms with Crippen molar-refractivity contribution in [2.75, 3.05) is 43.5 Å². The third kappa shape index (κ3) is 3.96.